The number of fused-ring (bicyclic) bond motifs is 1. The van der Waals surface area contributed by atoms with Gasteiger partial charge in [-0.1, -0.05) is 87.0 Å². The number of likely N-dealkylation sites (tertiary alicyclic amines) is 1. The fourth-order valence-corrected chi connectivity index (χ4v) is 6.02. The monoisotopic (exact) mass is 632 g/mol. The molecule has 3 heterocycles. The maximum absolute atomic E-state index is 14.3. The van der Waals surface area contributed by atoms with Gasteiger partial charge in [-0.15, -0.1) is 0 Å². The predicted octanol–water partition coefficient (Wildman–Crippen LogP) is 10.1. The lowest BCUT2D eigenvalue weighted by molar-refractivity contribution is 0.0703. The molecule has 1 aliphatic heterocycles. The quantitative estimate of drug-likeness (QED) is 0.175. The maximum atomic E-state index is 14.3. The second-order valence-corrected chi connectivity index (χ2v) is 12.6. The zero-order valence-electron chi connectivity index (χ0n) is 28.8. The third kappa shape index (κ3) is 9.03. The summed E-state index contributed by atoms with van der Waals surface area (Å²) in [5, 5.41) is 5.33. The zero-order valence-corrected chi connectivity index (χ0v) is 28.8. The van der Waals surface area contributed by atoms with E-state index in [1.54, 1.807) is 29.9 Å². The fourth-order valence-electron chi connectivity index (χ4n) is 6.02. The van der Waals surface area contributed by atoms with Gasteiger partial charge in [-0.25, -0.2) is 4.39 Å². The molecule has 1 aliphatic rings. The molecule has 1 fully saturated rings. The Balaban J connectivity index is 0.000000214. The minimum absolute atomic E-state index is 0.00819. The SMILES string of the molecule is C=C(C)C1CCN(C(=O)c2cccc3c(-c4ccccc4F)nn(C)c23)CC1.CCCC(C)c1ccccn1.Cc1ccccc1C. The van der Waals surface area contributed by atoms with Crippen LogP contribution in [0, 0.1) is 25.6 Å². The molecule has 0 aliphatic carbocycles. The van der Waals surface area contributed by atoms with E-state index in [1.807, 2.05) is 35.4 Å². The molecule has 0 saturated carbocycles. The number of hydrogen-bond donors (Lipinski definition) is 0. The number of pyridine rings is 1. The van der Waals surface area contributed by atoms with Crippen LogP contribution in [0.2, 0.25) is 0 Å². The molecule has 5 nitrogen and oxygen atoms in total. The number of carbonyl (C=O) groups excluding carboxylic acids is 1. The molecule has 5 aromatic rings. The lowest BCUT2D eigenvalue weighted by Gasteiger charge is -2.32. The molecular formula is C41H49FN4O. The molecule has 246 valence electrons. The van der Waals surface area contributed by atoms with Gasteiger partial charge in [-0.2, -0.15) is 5.10 Å². The van der Waals surface area contributed by atoms with Crippen molar-refractivity contribution in [1.29, 1.82) is 0 Å². The van der Waals surface area contributed by atoms with E-state index in [-0.39, 0.29) is 11.7 Å². The number of allylic oxidation sites excluding steroid dienone is 1. The van der Waals surface area contributed by atoms with Crippen molar-refractivity contribution in [2.24, 2.45) is 13.0 Å². The highest BCUT2D eigenvalue weighted by Crippen LogP contribution is 2.32. The molecule has 1 atom stereocenters. The van der Waals surface area contributed by atoms with Gasteiger partial charge < -0.3 is 4.90 Å². The molecule has 0 bridgehead atoms. The van der Waals surface area contributed by atoms with Crippen molar-refractivity contribution in [3.63, 3.8) is 0 Å². The molecule has 0 spiro atoms. The number of para-hydroxylation sites is 1. The van der Waals surface area contributed by atoms with Crippen LogP contribution in [0.15, 0.2) is 103 Å². The Labute approximate surface area is 280 Å². The number of nitrogens with zero attached hydrogens (tertiary/aromatic N) is 4. The van der Waals surface area contributed by atoms with Gasteiger partial charge in [0.15, 0.2) is 0 Å². The van der Waals surface area contributed by atoms with Gasteiger partial charge in [0.1, 0.15) is 11.5 Å². The van der Waals surface area contributed by atoms with Gasteiger partial charge >= 0.3 is 0 Å². The third-order valence-corrected chi connectivity index (χ3v) is 9.04. The number of hydrogen-bond acceptors (Lipinski definition) is 3. The van der Waals surface area contributed by atoms with E-state index in [2.05, 4.69) is 87.7 Å². The van der Waals surface area contributed by atoms with Gasteiger partial charge in [0.2, 0.25) is 0 Å². The lowest BCUT2D eigenvalue weighted by atomic mass is 9.90. The normalized spacial score (nSPS) is 13.6. The van der Waals surface area contributed by atoms with Gasteiger partial charge in [0.25, 0.3) is 5.91 Å². The summed E-state index contributed by atoms with van der Waals surface area (Å²) >= 11 is 0. The number of amides is 1. The van der Waals surface area contributed by atoms with Crippen LogP contribution >= 0.6 is 0 Å². The van der Waals surface area contributed by atoms with Crippen LogP contribution in [0.3, 0.4) is 0 Å². The standard InChI is InChI=1S/C23H24FN3O.C10H15N.C8H10/c1-15(2)16-11-13-27(14-12-16)23(28)19-9-6-8-18-21(25-26(3)22(18)19)17-7-4-5-10-20(17)24;1-3-6-9(2)10-7-4-5-8-11-10;1-7-5-3-4-6-8(7)2/h4-10,16H,1,11-14H2,2-3H3;4-5,7-9H,3,6H2,1-2H3;3-6H,1-2H3. The van der Waals surface area contributed by atoms with Gasteiger partial charge in [0.05, 0.1) is 11.1 Å². The first-order chi connectivity index (χ1) is 22.6. The topological polar surface area (TPSA) is 51.0 Å². The highest BCUT2D eigenvalue weighted by molar-refractivity contribution is 6.08. The summed E-state index contributed by atoms with van der Waals surface area (Å²) in [6.45, 7) is 16.2. The molecule has 1 saturated heterocycles. The largest absolute Gasteiger partial charge is 0.339 e. The number of rotatable bonds is 6. The fraction of sp³-hybridized carbons (Fsp3) is 0.341. The molecular weight excluding hydrogens is 583 g/mol. The predicted molar refractivity (Wildman–Crippen MR) is 193 cm³/mol. The summed E-state index contributed by atoms with van der Waals surface area (Å²) in [5.41, 5.74) is 7.51. The first-order valence-electron chi connectivity index (χ1n) is 16.7. The van der Waals surface area contributed by atoms with Crippen molar-refractivity contribution >= 4 is 16.8 Å². The molecule has 1 amide bonds. The van der Waals surface area contributed by atoms with Gasteiger partial charge in [-0.3, -0.25) is 14.5 Å². The molecule has 2 aromatic heterocycles. The molecule has 6 heteroatoms. The smallest absolute Gasteiger partial charge is 0.256 e. The third-order valence-electron chi connectivity index (χ3n) is 9.04. The first-order valence-corrected chi connectivity index (χ1v) is 16.7. The van der Waals surface area contributed by atoms with E-state index in [0.717, 1.165) is 36.8 Å². The minimum Gasteiger partial charge on any atom is -0.339 e. The van der Waals surface area contributed by atoms with Crippen molar-refractivity contribution in [2.75, 3.05) is 13.1 Å². The van der Waals surface area contributed by atoms with Gasteiger partial charge in [-0.05, 0) is 93.3 Å². The Morgan fingerprint density at radius 2 is 1.57 bits per heavy atom. The maximum Gasteiger partial charge on any atom is 0.256 e. The molecule has 47 heavy (non-hydrogen) atoms. The minimum atomic E-state index is -0.318. The Bertz CT molecular complexity index is 1750. The number of piperidine rings is 1. The Morgan fingerprint density at radius 1 is 0.936 bits per heavy atom. The lowest BCUT2D eigenvalue weighted by Crippen LogP contribution is -2.38. The average molecular weight is 633 g/mol. The highest BCUT2D eigenvalue weighted by Gasteiger charge is 2.26. The number of aromatic nitrogens is 3. The molecule has 6 rings (SSSR count). The number of aryl methyl sites for hydroxylation is 3. The molecule has 0 radical (unpaired) electrons. The van der Waals surface area contributed by atoms with Crippen LogP contribution in [0.5, 0.6) is 0 Å². The molecule has 1 unspecified atom stereocenters. The summed E-state index contributed by atoms with van der Waals surface area (Å²) in [6, 6.07) is 26.6. The molecule has 3 aromatic carbocycles. The van der Waals surface area contributed by atoms with E-state index in [4.69, 9.17) is 0 Å². The van der Waals surface area contributed by atoms with E-state index in [1.165, 1.54) is 41.3 Å². The summed E-state index contributed by atoms with van der Waals surface area (Å²) in [7, 11) is 1.80. The van der Waals surface area contributed by atoms with Crippen molar-refractivity contribution in [3.05, 3.63) is 131 Å². The van der Waals surface area contributed by atoms with Crippen molar-refractivity contribution < 1.29 is 9.18 Å². The number of halogens is 1. The van der Waals surface area contributed by atoms with E-state index >= 15 is 0 Å². The van der Waals surface area contributed by atoms with E-state index in [0.29, 0.717) is 28.7 Å². The van der Waals surface area contributed by atoms with E-state index < -0.39 is 0 Å². The Kier molecular flexibility index (Phi) is 12.6. The Morgan fingerprint density at radius 3 is 2.15 bits per heavy atom. The van der Waals surface area contributed by atoms with Crippen LogP contribution in [-0.4, -0.2) is 38.7 Å². The van der Waals surface area contributed by atoms with Crippen molar-refractivity contribution in [1.82, 2.24) is 19.7 Å². The van der Waals surface area contributed by atoms with Crippen LogP contribution in [0.1, 0.15) is 79.6 Å². The first kappa shape index (κ1) is 35.3. The van der Waals surface area contributed by atoms with Crippen molar-refractivity contribution in [3.8, 4) is 11.3 Å². The van der Waals surface area contributed by atoms with E-state index in [9.17, 15) is 9.18 Å². The summed E-state index contributed by atoms with van der Waals surface area (Å²) in [5.74, 6) is 0.792. The number of benzene rings is 3. The van der Waals surface area contributed by atoms with Gasteiger partial charge in [0, 0.05) is 43.0 Å². The second kappa shape index (κ2) is 16.8. The Hall–Kier alpha value is -4.58. The van der Waals surface area contributed by atoms with Crippen LogP contribution < -0.4 is 0 Å². The second-order valence-electron chi connectivity index (χ2n) is 12.6. The summed E-state index contributed by atoms with van der Waals surface area (Å²) in [6.07, 6.45) is 6.22. The van der Waals surface area contributed by atoms with Crippen LogP contribution in [-0.2, 0) is 7.05 Å². The van der Waals surface area contributed by atoms with Crippen LogP contribution in [0.4, 0.5) is 4.39 Å². The summed E-state index contributed by atoms with van der Waals surface area (Å²) in [4.78, 5) is 19.4. The molecule has 0 N–H and O–H groups in total. The van der Waals surface area contributed by atoms with Crippen molar-refractivity contribution in [2.45, 2.75) is 66.2 Å². The highest BCUT2D eigenvalue weighted by atomic mass is 19.1. The average Bonchev–Trinajstić information content (AvgIpc) is 3.43. The zero-order chi connectivity index (χ0) is 33.9. The summed E-state index contributed by atoms with van der Waals surface area (Å²) < 4.78 is 16.0. The van der Waals surface area contributed by atoms with Crippen LogP contribution in [0.25, 0.3) is 22.2 Å². The number of carbonyl (C=O) groups is 1.